The van der Waals surface area contributed by atoms with Crippen LogP contribution in [0.1, 0.15) is 22.9 Å². The zero-order chi connectivity index (χ0) is 11.5. The molecule has 2 aromatic rings. The maximum atomic E-state index is 6.18. The Morgan fingerprint density at radius 3 is 2.75 bits per heavy atom. The molecular formula is C12H13ClN2O. The quantitative estimate of drug-likeness (QED) is 0.637. The highest BCUT2D eigenvalue weighted by Crippen LogP contribution is 2.28. The van der Waals surface area contributed by atoms with E-state index in [1.165, 1.54) is 0 Å². The molecule has 0 saturated carbocycles. The van der Waals surface area contributed by atoms with Crippen LogP contribution in [0, 0.1) is 6.92 Å². The molecule has 84 valence electrons. The molecule has 0 fully saturated rings. The van der Waals surface area contributed by atoms with E-state index < -0.39 is 0 Å². The van der Waals surface area contributed by atoms with Crippen LogP contribution in [0.2, 0.25) is 5.02 Å². The van der Waals surface area contributed by atoms with Gasteiger partial charge in [0.05, 0.1) is 6.26 Å². The van der Waals surface area contributed by atoms with Gasteiger partial charge in [0.1, 0.15) is 11.8 Å². The summed E-state index contributed by atoms with van der Waals surface area (Å²) < 4.78 is 5.33. The average Bonchev–Trinajstić information content (AvgIpc) is 2.75. The molecule has 1 aromatic carbocycles. The van der Waals surface area contributed by atoms with Crippen molar-refractivity contribution < 1.29 is 4.42 Å². The lowest BCUT2D eigenvalue weighted by atomic mass is 10.0. The highest BCUT2D eigenvalue weighted by Gasteiger charge is 2.17. The van der Waals surface area contributed by atoms with Crippen LogP contribution >= 0.6 is 11.6 Å². The minimum Gasteiger partial charge on any atom is -0.467 e. The second-order valence-electron chi connectivity index (χ2n) is 3.64. The van der Waals surface area contributed by atoms with Crippen molar-refractivity contribution >= 4 is 11.6 Å². The van der Waals surface area contributed by atoms with Crippen molar-refractivity contribution in [1.29, 1.82) is 0 Å². The topological polar surface area (TPSA) is 51.2 Å². The Bertz CT molecular complexity index is 468. The van der Waals surface area contributed by atoms with Gasteiger partial charge in [0, 0.05) is 5.02 Å². The highest BCUT2D eigenvalue weighted by molar-refractivity contribution is 6.31. The van der Waals surface area contributed by atoms with Crippen molar-refractivity contribution in [2.45, 2.75) is 13.0 Å². The summed E-state index contributed by atoms with van der Waals surface area (Å²) in [6.07, 6.45) is 1.61. The molecule has 16 heavy (non-hydrogen) atoms. The Morgan fingerprint density at radius 2 is 2.19 bits per heavy atom. The third-order valence-electron chi connectivity index (χ3n) is 2.46. The van der Waals surface area contributed by atoms with Crippen LogP contribution < -0.4 is 11.3 Å². The largest absolute Gasteiger partial charge is 0.467 e. The Labute approximate surface area is 99.2 Å². The van der Waals surface area contributed by atoms with Gasteiger partial charge in [-0.1, -0.05) is 23.7 Å². The summed E-state index contributed by atoms with van der Waals surface area (Å²) in [4.78, 5) is 0. The van der Waals surface area contributed by atoms with Crippen molar-refractivity contribution in [1.82, 2.24) is 5.43 Å². The fourth-order valence-electron chi connectivity index (χ4n) is 1.65. The molecule has 1 atom stereocenters. The first-order valence-electron chi connectivity index (χ1n) is 4.98. The maximum absolute atomic E-state index is 6.18. The summed E-state index contributed by atoms with van der Waals surface area (Å²) in [6, 6.07) is 9.31. The minimum absolute atomic E-state index is 0.219. The number of furan rings is 1. The number of halogens is 1. The number of benzene rings is 1. The molecule has 0 aliphatic carbocycles. The molecule has 0 saturated heterocycles. The molecule has 0 aliphatic heterocycles. The molecule has 1 aromatic heterocycles. The van der Waals surface area contributed by atoms with E-state index in [0.717, 1.165) is 16.9 Å². The van der Waals surface area contributed by atoms with Crippen molar-refractivity contribution in [3.63, 3.8) is 0 Å². The maximum Gasteiger partial charge on any atom is 0.126 e. The van der Waals surface area contributed by atoms with Crippen molar-refractivity contribution in [3.05, 3.63) is 58.5 Å². The van der Waals surface area contributed by atoms with Gasteiger partial charge in [0.25, 0.3) is 0 Å². The molecule has 0 bridgehead atoms. The molecule has 0 aliphatic rings. The number of hydrogen-bond acceptors (Lipinski definition) is 3. The van der Waals surface area contributed by atoms with Gasteiger partial charge in [-0.3, -0.25) is 5.84 Å². The van der Waals surface area contributed by atoms with Crippen LogP contribution in [0.4, 0.5) is 0 Å². The molecular weight excluding hydrogens is 224 g/mol. The van der Waals surface area contributed by atoms with Crippen LogP contribution in [0.15, 0.2) is 41.0 Å². The van der Waals surface area contributed by atoms with Gasteiger partial charge in [0.2, 0.25) is 0 Å². The lowest BCUT2D eigenvalue weighted by Crippen LogP contribution is -2.28. The van der Waals surface area contributed by atoms with Crippen molar-refractivity contribution in [2.24, 2.45) is 5.84 Å². The first-order chi connectivity index (χ1) is 7.72. The zero-order valence-corrected chi connectivity index (χ0v) is 9.66. The van der Waals surface area contributed by atoms with E-state index in [9.17, 15) is 0 Å². The van der Waals surface area contributed by atoms with E-state index in [0.29, 0.717) is 5.02 Å². The number of hydrogen-bond donors (Lipinski definition) is 2. The van der Waals surface area contributed by atoms with Crippen LogP contribution in [0.25, 0.3) is 0 Å². The van der Waals surface area contributed by atoms with E-state index in [1.54, 1.807) is 6.26 Å². The summed E-state index contributed by atoms with van der Waals surface area (Å²) in [5.41, 5.74) is 4.72. The van der Waals surface area contributed by atoms with Crippen LogP contribution in [-0.2, 0) is 0 Å². The highest BCUT2D eigenvalue weighted by atomic mass is 35.5. The van der Waals surface area contributed by atoms with Gasteiger partial charge in [-0.05, 0) is 36.2 Å². The minimum atomic E-state index is -0.219. The predicted molar refractivity (Wildman–Crippen MR) is 64.1 cm³/mol. The van der Waals surface area contributed by atoms with Gasteiger partial charge in [0.15, 0.2) is 0 Å². The number of aryl methyl sites for hydroxylation is 1. The lowest BCUT2D eigenvalue weighted by molar-refractivity contribution is 0.452. The van der Waals surface area contributed by atoms with Crippen molar-refractivity contribution in [2.75, 3.05) is 0 Å². The zero-order valence-electron chi connectivity index (χ0n) is 8.91. The molecule has 3 nitrogen and oxygen atoms in total. The van der Waals surface area contributed by atoms with Crippen molar-refractivity contribution in [3.8, 4) is 0 Å². The number of nitrogens with one attached hydrogen (secondary N) is 1. The van der Waals surface area contributed by atoms with Crippen LogP contribution in [0.5, 0.6) is 0 Å². The monoisotopic (exact) mass is 236 g/mol. The summed E-state index contributed by atoms with van der Waals surface area (Å²) in [5, 5.41) is 0.680. The summed E-state index contributed by atoms with van der Waals surface area (Å²) in [6.45, 7) is 1.99. The fourth-order valence-corrected chi connectivity index (χ4v) is 1.99. The van der Waals surface area contributed by atoms with Crippen LogP contribution in [-0.4, -0.2) is 0 Å². The third-order valence-corrected chi connectivity index (χ3v) is 2.79. The van der Waals surface area contributed by atoms with Gasteiger partial charge in [-0.15, -0.1) is 0 Å². The van der Waals surface area contributed by atoms with E-state index in [4.69, 9.17) is 21.9 Å². The second-order valence-corrected chi connectivity index (χ2v) is 4.05. The normalized spacial score (nSPS) is 12.7. The van der Waals surface area contributed by atoms with Gasteiger partial charge in [-0.2, -0.15) is 0 Å². The summed E-state index contributed by atoms with van der Waals surface area (Å²) in [5.74, 6) is 6.28. The molecule has 1 unspecified atom stereocenters. The number of nitrogens with two attached hydrogens (primary N) is 1. The molecule has 0 radical (unpaired) electrons. The number of rotatable bonds is 3. The van der Waals surface area contributed by atoms with Gasteiger partial charge in [-0.25, -0.2) is 5.43 Å². The SMILES string of the molecule is Cc1ccc(C(NN)c2ccco2)c(Cl)c1. The van der Waals surface area contributed by atoms with E-state index in [1.807, 2.05) is 37.3 Å². The Kier molecular flexibility index (Phi) is 3.29. The standard InChI is InChI=1S/C12H13ClN2O/c1-8-4-5-9(10(13)7-8)12(15-14)11-3-2-6-16-11/h2-7,12,15H,14H2,1H3. The molecule has 1 heterocycles. The van der Waals surface area contributed by atoms with E-state index >= 15 is 0 Å². The molecule has 4 heteroatoms. The smallest absolute Gasteiger partial charge is 0.126 e. The summed E-state index contributed by atoms with van der Waals surface area (Å²) >= 11 is 6.18. The van der Waals surface area contributed by atoms with Gasteiger partial charge >= 0.3 is 0 Å². The molecule has 0 amide bonds. The lowest BCUT2D eigenvalue weighted by Gasteiger charge is -2.15. The Hall–Kier alpha value is -1.29. The second kappa shape index (κ2) is 4.70. The van der Waals surface area contributed by atoms with E-state index in [2.05, 4.69) is 5.43 Å². The van der Waals surface area contributed by atoms with Gasteiger partial charge < -0.3 is 4.42 Å². The third kappa shape index (κ3) is 2.11. The molecule has 2 rings (SSSR count). The predicted octanol–water partition coefficient (Wildman–Crippen LogP) is 2.79. The fraction of sp³-hybridized carbons (Fsp3) is 0.167. The first-order valence-corrected chi connectivity index (χ1v) is 5.35. The van der Waals surface area contributed by atoms with Crippen LogP contribution in [0.3, 0.4) is 0 Å². The average molecular weight is 237 g/mol. The number of hydrazine groups is 1. The molecule has 3 N–H and O–H groups in total. The first kappa shape index (κ1) is 11.2. The Balaban J connectivity index is 2.41. The molecule has 0 spiro atoms. The summed E-state index contributed by atoms with van der Waals surface area (Å²) in [7, 11) is 0. The Morgan fingerprint density at radius 1 is 1.38 bits per heavy atom. The van der Waals surface area contributed by atoms with E-state index in [-0.39, 0.29) is 6.04 Å².